The van der Waals surface area contributed by atoms with E-state index in [-0.39, 0.29) is 0 Å². The number of hydrogen-bond donors (Lipinski definition) is 2. The van der Waals surface area contributed by atoms with Crippen LogP contribution in [0.4, 0.5) is 0 Å². The minimum atomic E-state index is 0.711. The van der Waals surface area contributed by atoms with Crippen LogP contribution in [0.1, 0.15) is 36.9 Å². The molecular formula is C17H19N3. The lowest BCUT2D eigenvalue weighted by atomic mass is 10.1. The molecule has 1 aliphatic carbocycles. The zero-order chi connectivity index (χ0) is 14.1. The van der Waals surface area contributed by atoms with Gasteiger partial charge in [-0.25, -0.2) is 4.98 Å². The van der Waals surface area contributed by atoms with Crippen LogP contribution in [0.25, 0.3) is 16.6 Å². The molecule has 2 heterocycles. The Morgan fingerprint density at radius 3 is 2.95 bits per heavy atom. The molecule has 0 aromatic carbocycles. The topological polar surface area (TPSA) is 54.7 Å². The predicted octanol–water partition coefficient (Wildman–Crippen LogP) is 3.87. The molecule has 0 spiro atoms. The number of rotatable bonds is 4. The zero-order valence-electron chi connectivity index (χ0n) is 11.7. The SMILES string of the molecule is C=C/C=C(\C=C(/C)N)c1cc2c(C3CC3)ccnc2[nH]1. The highest BCUT2D eigenvalue weighted by Gasteiger charge is 2.26. The van der Waals surface area contributed by atoms with Crippen molar-refractivity contribution in [1.29, 1.82) is 0 Å². The Kier molecular flexibility index (Phi) is 3.18. The number of aromatic nitrogens is 2. The zero-order valence-corrected chi connectivity index (χ0v) is 11.7. The maximum Gasteiger partial charge on any atom is 0.137 e. The molecule has 0 saturated heterocycles. The van der Waals surface area contributed by atoms with Crippen LogP contribution in [0.3, 0.4) is 0 Å². The van der Waals surface area contributed by atoms with E-state index < -0.39 is 0 Å². The monoisotopic (exact) mass is 265 g/mol. The lowest BCUT2D eigenvalue weighted by molar-refractivity contribution is 1.14. The molecule has 3 nitrogen and oxygen atoms in total. The molecule has 0 amide bonds. The van der Waals surface area contributed by atoms with Crippen LogP contribution in [0.2, 0.25) is 0 Å². The molecule has 1 fully saturated rings. The van der Waals surface area contributed by atoms with Crippen molar-refractivity contribution >= 4 is 16.6 Å². The van der Waals surface area contributed by atoms with Crippen LogP contribution in [0.5, 0.6) is 0 Å². The number of nitrogens with two attached hydrogens (primary N) is 1. The summed E-state index contributed by atoms with van der Waals surface area (Å²) in [6.45, 7) is 5.65. The van der Waals surface area contributed by atoms with Gasteiger partial charge in [0.1, 0.15) is 5.65 Å². The Bertz CT molecular complexity index is 711. The maximum absolute atomic E-state index is 5.80. The quantitative estimate of drug-likeness (QED) is 0.824. The van der Waals surface area contributed by atoms with Gasteiger partial charge >= 0.3 is 0 Å². The van der Waals surface area contributed by atoms with E-state index in [1.807, 2.05) is 25.3 Å². The maximum atomic E-state index is 5.80. The fourth-order valence-electron chi connectivity index (χ4n) is 2.54. The first kappa shape index (κ1) is 12.7. The molecule has 0 radical (unpaired) electrons. The first-order valence-corrected chi connectivity index (χ1v) is 6.93. The van der Waals surface area contributed by atoms with Gasteiger partial charge in [0.2, 0.25) is 0 Å². The second-order valence-corrected chi connectivity index (χ2v) is 5.37. The van der Waals surface area contributed by atoms with E-state index in [0.717, 1.165) is 22.6 Å². The van der Waals surface area contributed by atoms with E-state index in [0.29, 0.717) is 5.92 Å². The number of H-pyrrole nitrogens is 1. The van der Waals surface area contributed by atoms with E-state index in [9.17, 15) is 0 Å². The smallest absolute Gasteiger partial charge is 0.137 e. The third-order valence-corrected chi connectivity index (χ3v) is 3.57. The van der Waals surface area contributed by atoms with E-state index >= 15 is 0 Å². The van der Waals surface area contributed by atoms with Gasteiger partial charge in [0.05, 0.1) is 0 Å². The molecule has 0 aliphatic heterocycles. The molecule has 1 aliphatic rings. The van der Waals surface area contributed by atoms with Crippen LogP contribution in [0, 0.1) is 0 Å². The summed E-state index contributed by atoms with van der Waals surface area (Å²) >= 11 is 0. The van der Waals surface area contributed by atoms with Crippen molar-refractivity contribution in [2.75, 3.05) is 0 Å². The highest BCUT2D eigenvalue weighted by atomic mass is 14.9. The Hall–Kier alpha value is -2.29. The Morgan fingerprint density at radius 2 is 2.30 bits per heavy atom. The number of pyridine rings is 1. The highest BCUT2D eigenvalue weighted by molar-refractivity contribution is 5.87. The summed E-state index contributed by atoms with van der Waals surface area (Å²) < 4.78 is 0. The number of allylic oxidation sites excluding steroid dienone is 5. The van der Waals surface area contributed by atoms with Gasteiger partial charge in [-0.3, -0.25) is 0 Å². The first-order chi connectivity index (χ1) is 9.69. The molecule has 2 aromatic rings. The number of nitrogens with one attached hydrogen (secondary N) is 1. The van der Waals surface area contributed by atoms with Gasteiger partial charge in [-0.2, -0.15) is 0 Å². The molecule has 0 bridgehead atoms. The van der Waals surface area contributed by atoms with E-state index in [1.54, 1.807) is 6.08 Å². The molecule has 3 rings (SSSR count). The highest BCUT2D eigenvalue weighted by Crippen LogP contribution is 2.43. The third kappa shape index (κ3) is 2.39. The van der Waals surface area contributed by atoms with Gasteiger partial charge in [0.25, 0.3) is 0 Å². The van der Waals surface area contributed by atoms with Crippen LogP contribution in [-0.2, 0) is 0 Å². The van der Waals surface area contributed by atoms with Gasteiger partial charge in [0, 0.05) is 23.0 Å². The first-order valence-electron chi connectivity index (χ1n) is 6.93. The van der Waals surface area contributed by atoms with Crippen molar-refractivity contribution in [2.24, 2.45) is 5.73 Å². The number of aromatic amines is 1. The average Bonchev–Trinajstić information content (AvgIpc) is 3.15. The van der Waals surface area contributed by atoms with Gasteiger partial charge in [-0.15, -0.1) is 0 Å². The molecule has 3 N–H and O–H groups in total. The normalized spacial score (nSPS) is 16.6. The molecule has 0 unspecified atom stereocenters. The van der Waals surface area contributed by atoms with Gasteiger partial charge in [-0.05, 0) is 55.0 Å². The Balaban J connectivity index is 2.12. The Labute approximate surface area is 118 Å². The number of nitrogens with zero attached hydrogens (tertiary/aromatic N) is 1. The number of hydrogen-bond acceptors (Lipinski definition) is 2. The minimum Gasteiger partial charge on any atom is -0.402 e. The van der Waals surface area contributed by atoms with E-state index in [4.69, 9.17) is 5.73 Å². The van der Waals surface area contributed by atoms with E-state index in [2.05, 4.69) is 28.7 Å². The van der Waals surface area contributed by atoms with Crippen LogP contribution >= 0.6 is 0 Å². The van der Waals surface area contributed by atoms with Crippen molar-refractivity contribution in [3.63, 3.8) is 0 Å². The summed E-state index contributed by atoms with van der Waals surface area (Å²) in [4.78, 5) is 7.82. The molecule has 1 saturated carbocycles. The fourth-order valence-corrected chi connectivity index (χ4v) is 2.54. The summed E-state index contributed by atoms with van der Waals surface area (Å²) in [5.41, 5.74) is 11.0. The van der Waals surface area contributed by atoms with Crippen LogP contribution in [0.15, 0.2) is 48.8 Å². The summed E-state index contributed by atoms with van der Waals surface area (Å²) in [6.07, 6.45) is 10.1. The lowest BCUT2D eigenvalue weighted by Gasteiger charge is -1.99. The predicted molar refractivity (Wildman–Crippen MR) is 84.2 cm³/mol. The molecular weight excluding hydrogens is 246 g/mol. The Morgan fingerprint density at radius 1 is 1.50 bits per heavy atom. The van der Waals surface area contributed by atoms with Crippen molar-refractivity contribution in [3.8, 4) is 0 Å². The molecule has 3 heteroatoms. The van der Waals surface area contributed by atoms with Crippen molar-refractivity contribution in [1.82, 2.24) is 9.97 Å². The average molecular weight is 265 g/mol. The summed E-state index contributed by atoms with van der Waals surface area (Å²) in [5, 5.41) is 1.23. The second-order valence-electron chi connectivity index (χ2n) is 5.37. The van der Waals surface area contributed by atoms with Crippen molar-refractivity contribution in [2.45, 2.75) is 25.7 Å². The minimum absolute atomic E-state index is 0.711. The third-order valence-electron chi connectivity index (χ3n) is 3.57. The lowest BCUT2D eigenvalue weighted by Crippen LogP contribution is -1.91. The molecule has 20 heavy (non-hydrogen) atoms. The largest absolute Gasteiger partial charge is 0.402 e. The molecule has 0 atom stereocenters. The summed E-state index contributed by atoms with van der Waals surface area (Å²) in [7, 11) is 0. The summed E-state index contributed by atoms with van der Waals surface area (Å²) in [5.74, 6) is 0.711. The van der Waals surface area contributed by atoms with Gasteiger partial charge in [0.15, 0.2) is 0 Å². The van der Waals surface area contributed by atoms with Crippen LogP contribution in [-0.4, -0.2) is 9.97 Å². The van der Waals surface area contributed by atoms with E-state index in [1.165, 1.54) is 23.8 Å². The fraction of sp³-hybridized carbons (Fsp3) is 0.235. The standard InChI is InChI=1S/C17H19N3/c1-3-4-13(9-11(2)18)16-10-15-14(12-5-6-12)7-8-19-17(15)20-16/h3-4,7-10,12H,1,5-6,18H2,2H3,(H,19,20)/b11-9+,13-4+. The molecule has 102 valence electrons. The van der Waals surface area contributed by atoms with Crippen molar-refractivity contribution in [3.05, 3.63) is 60.1 Å². The van der Waals surface area contributed by atoms with Crippen LogP contribution < -0.4 is 5.73 Å². The number of fused-ring (bicyclic) bond motifs is 1. The van der Waals surface area contributed by atoms with Gasteiger partial charge in [-0.1, -0.05) is 18.7 Å². The van der Waals surface area contributed by atoms with Gasteiger partial charge < -0.3 is 10.7 Å². The molecule has 2 aromatic heterocycles. The summed E-state index contributed by atoms with van der Waals surface area (Å²) in [6, 6.07) is 4.31. The van der Waals surface area contributed by atoms with Crippen molar-refractivity contribution < 1.29 is 0 Å². The second kappa shape index (κ2) is 5.00.